The molecule has 1 aliphatic rings. The second-order valence-corrected chi connectivity index (χ2v) is 5.88. The van der Waals surface area contributed by atoms with Gasteiger partial charge in [0.05, 0.1) is 0 Å². The van der Waals surface area contributed by atoms with Gasteiger partial charge in [0.1, 0.15) is 0 Å². The number of amides is 1. The number of primary amides is 1. The molecular formula is C15H22N2O. The second-order valence-electron chi connectivity index (χ2n) is 5.88. The highest BCUT2D eigenvalue weighted by molar-refractivity contribution is 5.93. The summed E-state index contributed by atoms with van der Waals surface area (Å²) >= 11 is 0. The zero-order valence-corrected chi connectivity index (χ0v) is 11.2. The van der Waals surface area contributed by atoms with Gasteiger partial charge < -0.3 is 11.1 Å². The van der Waals surface area contributed by atoms with Crippen molar-refractivity contribution in [3.8, 4) is 0 Å². The van der Waals surface area contributed by atoms with Crippen LogP contribution in [0.5, 0.6) is 0 Å². The van der Waals surface area contributed by atoms with E-state index in [0.29, 0.717) is 17.0 Å². The smallest absolute Gasteiger partial charge is 0.248 e. The first-order chi connectivity index (χ1) is 8.49. The highest BCUT2D eigenvalue weighted by atomic mass is 16.1. The SMILES string of the molecule is CC1(C)CCCCC1Nc1cccc(C(N)=O)c1. The Bertz CT molecular complexity index is 440. The summed E-state index contributed by atoms with van der Waals surface area (Å²) in [6.07, 6.45) is 5.02. The molecule has 1 unspecified atom stereocenters. The first-order valence-corrected chi connectivity index (χ1v) is 6.65. The Morgan fingerprint density at radius 2 is 2.17 bits per heavy atom. The Labute approximate surface area is 109 Å². The molecule has 1 aromatic rings. The predicted molar refractivity (Wildman–Crippen MR) is 74.6 cm³/mol. The lowest BCUT2D eigenvalue weighted by molar-refractivity contribution is 0.100. The lowest BCUT2D eigenvalue weighted by Gasteiger charge is -2.39. The number of hydrogen-bond acceptors (Lipinski definition) is 2. The Morgan fingerprint density at radius 1 is 1.39 bits per heavy atom. The number of nitrogens with two attached hydrogens (primary N) is 1. The van der Waals surface area contributed by atoms with Gasteiger partial charge in [0.25, 0.3) is 0 Å². The molecule has 2 rings (SSSR count). The topological polar surface area (TPSA) is 55.1 Å². The third kappa shape index (κ3) is 2.84. The maximum absolute atomic E-state index is 11.2. The van der Waals surface area contributed by atoms with Gasteiger partial charge in [-0.1, -0.05) is 32.8 Å². The van der Waals surface area contributed by atoms with Crippen molar-refractivity contribution in [1.82, 2.24) is 0 Å². The van der Waals surface area contributed by atoms with Gasteiger partial charge in [0.15, 0.2) is 0 Å². The van der Waals surface area contributed by atoms with Crippen molar-refractivity contribution >= 4 is 11.6 Å². The van der Waals surface area contributed by atoms with Gasteiger partial charge in [-0.3, -0.25) is 4.79 Å². The number of nitrogens with one attached hydrogen (secondary N) is 1. The van der Waals surface area contributed by atoms with Crippen LogP contribution in [0.2, 0.25) is 0 Å². The van der Waals surface area contributed by atoms with E-state index in [9.17, 15) is 4.79 Å². The van der Waals surface area contributed by atoms with Crippen LogP contribution < -0.4 is 11.1 Å². The van der Waals surface area contributed by atoms with Crippen molar-refractivity contribution < 1.29 is 4.79 Å². The van der Waals surface area contributed by atoms with Gasteiger partial charge in [0.2, 0.25) is 5.91 Å². The van der Waals surface area contributed by atoms with Crippen LogP contribution in [0.25, 0.3) is 0 Å². The third-order valence-electron chi connectivity index (χ3n) is 4.00. The first-order valence-electron chi connectivity index (χ1n) is 6.65. The number of rotatable bonds is 3. The van der Waals surface area contributed by atoms with E-state index >= 15 is 0 Å². The molecule has 98 valence electrons. The Hall–Kier alpha value is -1.51. The van der Waals surface area contributed by atoms with Crippen molar-refractivity contribution in [1.29, 1.82) is 0 Å². The monoisotopic (exact) mass is 246 g/mol. The first kappa shape index (κ1) is 12.9. The summed E-state index contributed by atoms with van der Waals surface area (Å²) in [4.78, 5) is 11.2. The summed E-state index contributed by atoms with van der Waals surface area (Å²) in [6.45, 7) is 4.61. The fraction of sp³-hybridized carbons (Fsp3) is 0.533. The van der Waals surface area contributed by atoms with Gasteiger partial charge in [-0.25, -0.2) is 0 Å². The average Bonchev–Trinajstić information content (AvgIpc) is 2.32. The Morgan fingerprint density at radius 3 is 2.83 bits per heavy atom. The van der Waals surface area contributed by atoms with E-state index in [1.54, 1.807) is 6.07 Å². The molecule has 3 N–H and O–H groups in total. The zero-order chi connectivity index (χ0) is 13.2. The van der Waals surface area contributed by atoms with Gasteiger partial charge in [-0.15, -0.1) is 0 Å². The van der Waals surface area contributed by atoms with Crippen LogP contribution in [-0.4, -0.2) is 11.9 Å². The summed E-state index contributed by atoms with van der Waals surface area (Å²) < 4.78 is 0. The molecule has 0 spiro atoms. The highest BCUT2D eigenvalue weighted by Crippen LogP contribution is 2.37. The number of carbonyl (C=O) groups excluding carboxylic acids is 1. The highest BCUT2D eigenvalue weighted by Gasteiger charge is 2.31. The van der Waals surface area contributed by atoms with Crippen molar-refractivity contribution in [3.63, 3.8) is 0 Å². The largest absolute Gasteiger partial charge is 0.382 e. The molecule has 0 aromatic heterocycles. The van der Waals surface area contributed by atoms with Gasteiger partial charge in [-0.05, 0) is 36.5 Å². The second kappa shape index (κ2) is 5.01. The van der Waals surface area contributed by atoms with Crippen LogP contribution in [0.1, 0.15) is 49.9 Å². The van der Waals surface area contributed by atoms with E-state index in [4.69, 9.17) is 5.73 Å². The standard InChI is InChI=1S/C15H22N2O/c1-15(2)9-4-3-8-13(15)17-12-7-5-6-11(10-12)14(16)18/h5-7,10,13,17H,3-4,8-9H2,1-2H3,(H2,16,18). The normalized spacial score (nSPS) is 22.4. The molecule has 0 radical (unpaired) electrons. The van der Waals surface area contributed by atoms with E-state index < -0.39 is 0 Å². The minimum Gasteiger partial charge on any atom is -0.382 e. The van der Waals surface area contributed by atoms with E-state index in [1.165, 1.54) is 25.7 Å². The fourth-order valence-corrected chi connectivity index (χ4v) is 2.73. The maximum Gasteiger partial charge on any atom is 0.248 e. The lowest BCUT2D eigenvalue weighted by atomic mass is 9.73. The summed E-state index contributed by atoms with van der Waals surface area (Å²) in [5, 5.41) is 3.56. The molecule has 0 aliphatic heterocycles. The summed E-state index contributed by atoms with van der Waals surface area (Å²) in [5.74, 6) is -0.374. The molecule has 1 atom stereocenters. The molecular weight excluding hydrogens is 224 g/mol. The molecule has 1 fully saturated rings. The Kier molecular flexibility index (Phi) is 3.60. The molecule has 1 amide bonds. The summed E-state index contributed by atoms with van der Waals surface area (Å²) in [7, 11) is 0. The minimum absolute atomic E-state index is 0.307. The van der Waals surface area contributed by atoms with E-state index in [0.717, 1.165) is 5.69 Å². The molecule has 1 saturated carbocycles. The van der Waals surface area contributed by atoms with Gasteiger partial charge in [-0.2, -0.15) is 0 Å². The maximum atomic E-state index is 11.2. The molecule has 0 bridgehead atoms. The van der Waals surface area contributed by atoms with Crippen molar-refractivity contribution in [2.75, 3.05) is 5.32 Å². The van der Waals surface area contributed by atoms with Crippen molar-refractivity contribution in [2.24, 2.45) is 11.1 Å². The molecule has 0 saturated heterocycles. The number of benzene rings is 1. The van der Waals surface area contributed by atoms with E-state index in [1.807, 2.05) is 18.2 Å². The Balaban J connectivity index is 2.13. The molecule has 1 aliphatic carbocycles. The van der Waals surface area contributed by atoms with Crippen molar-refractivity contribution in [2.45, 2.75) is 45.6 Å². The molecule has 3 heteroatoms. The predicted octanol–water partition coefficient (Wildman–Crippen LogP) is 3.17. The molecule has 1 aromatic carbocycles. The molecule has 3 nitrogen and oxygen atoms in total. The molecule has 0 heterocycles. The van der Waals surface area contributed by atoms with Crippen LogP contribution >= 0.6 is 0 Å². The van der Waals surface area contributed by atoms with E-state index in [2.05, 4.69) is 19.2 Å². The number of hydrogen-bond donors (Lipinski definition) is 2. The van der Waals surface area contributed by atoms with Crippen LogP contribution in [0.15, 0.2) is 24.3 Å². The molecule has 18 heavy (non-hydrogen) atoms. The van der Waals surface area contributed by atoms with E-state index in [-0.39, 0.29) is 5.91 Å². The van der Waals surface area contributed by atoms with Crippen LogP contribution in [0.4, 0.5) is 5.69 Å². The number of carbonyl (C=O) groups is 1. The fourth-order valence-electron chi connectivity index (χ4n) is 2.73. The minimum atomic E-state index is -0.374. The summed E-state index contributed by atoms with van der Waals surface area (Å²) in [5.41, 5.74) is 7.16. The van der Waals surface area contributed by atoms with Crippen molar-refractivity contribution in [3.05, 3.63) is 29.8 Å². The van der Waals surface area contributed by atoms with Gasteiger partial charge >= 0.3 is 0 Å². The zero-order valence-electron chi connectivity index (χ0n) is 11.2. The van der Waals surface area contributed by atoms with Crippen LogP contribution in [-0.2, 0) is 0 Å². The summed E-state index contributed by atoms with van der Waals surface area (Å²) in [6, 6.07) is 7.93. The lowest BCUT2D eigenvalue weighted by Crippen LogP contribution is -2.38. The van der Waals surface area contributed by atoms with Crippen LogP contribution in [0.3, 0.4) is 0 Å². The number of anilines is 1. The van der Waals surface area contributed by atoms with Gasteiger partial charge in [0, 0.05) is 17.3 Å². The van der Waals surface area contributed by atoms with Crippen LogP contribution in [0, 0.1) is 5.41 Å². The quantitative estimate of drug-likeness (QED) is 0.860. The average molecular weight is 246 g/mol. The third-order valence-corrected chi connectivity index (χ3v) is 4.00.